The summed E-state index contributed by atoms with van der Waals surface area (Å²) in [4.78, 5) is 48.4. The number of thiazole rings is 1. The molecular formula is C32H30FN9O3S. The molecule has 0 spiro atoms. The van der Waals surface area contributed by atoms with Gasteiger partial charge in [0.2, 0.25) is 11.9 Å². The van der Waals surface area contributed by atoms with Crippen molar-refractivity contribution in [1.82, 2.24) is 39.9 Å². The monoisotopic (exact) mass is 639 g/mol. The zero-order chi connectivity index (χ0) is 31.7. The minimum Gasteiger partial charge on any atom is -0.367 e. The summed E-state index contributed by atoms with van der Waals surface area (Å²) >= 11 is 1.55. The van der Waals surface area contributed by atoms with E-state index in [-0.39, 0.29) is 18.4 Å². The fraction of sp³-hybridized carbons (Fsp3) is 0.281. The van der Waals surface area contributed by atoms with Crippen LogP contribution in [-0.4, -0.2) is 97.2 Å². The van der Waals surface area contributed by atoms with Gasteiger partial charge >= 0.3 is 0 Å². The van der Waals surface area contributed by atoms with Crippen LogP contribution in [-0.2, 0) is 14.3 Å². The van der Waals surface area contributed by atoms with Crippen molar-refractivity contribution >= 4 is 45.3 Å². The molecule has 0 aliphatic carbocycles. The summed E-state index contributed by atoms with van der Waals surface area (Å²) in [6.45, 7) is 2.14. The summed E-state index contributed by atoms with van der Waals surface area (Å²) in [5.74, 6) is -0.199. The van der Waals surface area contributed by atoms with E-state index in [1.54, 1.807) is 48.1 Å². The van der Waals surface area contributed by atoms with E-state index in [0.717, 1.165) is 26.4 Å². The molecule has 14 heteroatoms. The minimum atomic E-state index is -1.10. The van der Waals surface area contributed by atoms with Crippen molar-refractivity contribution in [1.29, 1.82) is 0 Å². The van der Waals surface area contributed by atoms with E-state index in [1.165, 1.54) is 19.4 Å². The number of nitrogens with one attached hydrogen (secondary N) is 2. The maximum atomic E-state index is 13.6. The van der Waals surface area contributed by atoms with Gasteiger partial charge in [-0.05, 0) is 54.8 Å². The van der Waals surface area contributed by atoms with E-state index < -0.39 is 11.5 Å². The van der Waals surface area contributed by atoms with Crippen LogP contribution in [0.15, 0.2) is 67.3 Å². The van der Waals surface area contributed by atoms with Crippen LogP contribution in [0.3, 0.4) is 0 Å². The van der Waals surface area contributed by atoms with Crippen molar-refractivity contribution in [3.05, 3.63) is 78.2 Å². The van der Waals surface area contributed by atoms with E-state index in [2.05, 4.69) is 41.5 Å². The van der Waals surface area contributed by atoms with Gasteiger partial charge in [0, 0.05) is 74.7 Å². The zero-order valence-corrected chi connectivity index (χ0v) is 25.8. The Hall–Kier alpha value is -4.92. The highest BCUT2D eigenvalue weighted by Gasteiger charge is 2.45. The van der Waals surface area contributed by atoms with Crippen molar-refractivity contribution in [3.8, 4) is 22.0 Å². The van der Waals surface area contributed by atoms with Gasteiger partial charge in [-0.25, -0.2) is 19.9 Å². The summed E-state index contributed by atoms with van der Waals surface area (Å²) < 4.78 is 19.1. The molecule has 0 saturated carbocycles. The predicted molar refractivity (Wildman–Crippen MR) is 171 cm³/mol. The van der Waals surface area contributed by atoms with E-state index in [9.17, 15) is 14.0 Å². The Balaban J connectivity index is 0.968. The first-order chi connectivity index (χ1) is 22.4. The lowest BCUT2D eigenvalue weighted by Crippen LogP contribution is -2.48. The summed E-state index contributed by atoms with van der Waals surface area (Å²) in [5.41, 5.74) is 2.60. The van der Waals surface area contributed by atoms with Crippen LogP contribution in [0.4, 0.5) is 10.1 Å². The van der Waals surface area contributed by atoms with Crippen molar-refractivity contribution in [2.45, 2.75) is 18.4 Å². The van der Waals surface area contributed by atoms with Crippen molar-refractivity contribution in [2.24, 2.45) is 0 Å². The first-order valence-corrected chi connectivity index (χ1v) is 15.6. The van der Waals surface area contributed by atoms with Crippen LogP contribution in [0, 0.1) is 5.95 Å². The lowest BCUT2D eigenvalue weighted by molar-refractivity contribution is -0.138. The number of benzene rings is 1. The average Bonchev–Trinajstić information content (AvgIpc) is 3.85. The molecule has 1 saturated heterocycles. The molecule has 12 nitrogen and oxygen atoms in total. The van der Waals surface area contributed by atoms with Crippen LogP contribution < -0.4 is 5.32 Å². The fourth-order valence-corrected chi connectivity index (χ4v) is 6.78. The summed E-state index contributed by atoms with van der Waals surface area (Å²) in [5, 5.41) is 12.0. The van der Waals surface area contributed by atoms with E-state index in [1.807, 2.05) is 21.9 Å². The molecule has 1 atom stereocenters. The summed E-state index contributed by atoms with van der Waals surface area (Å²) in [6.07, 6.45) is 9.84. The number of fused-ring (bicyclic) bond motifs is 1. The molecule has 0 radical (unpaired) electrons. The molecule has 46 heavy (non-hydrogen) atoms. The van der Waals surface area contributed by atoms with Crippen LogP contribution >= 0.6 is 11.3 Å². The molecule has 7 rings (SSSR count). The number of likely N-dealkylation sites (tertiary alicyclic amines) is 1. The number of carbonyl (C=O) groups is 2. The number of ether oxygens (including phenoxy) is 1. The van der Waals surface area contributed by atoms with Gasteiger partial charge in [0.1, 0.15) is 10.7 Å². The predicted octanol–water partition coefficient (Wildman–Crippen LogP) is 4.02. The lowest BCUT2D eigenvalue weighted by Gasteiger charge is -2.29. The molecule has 1 aromatic carbocycles. The number of aromatic nitrogens is 6. The van der Waals surface area contributed by atoms with Gasteiger partial charge in [-0.3, -0.25) is 19.6 Å². The highest BCUT2D eigenvalue weighted by Crippen LogP contribution is 2.32. The van der Waals surface area contributed by atoms with E-state index in [0.29, 0.717) is 61.8 Å². The number of rotatable bonds is 8. The molecule has 2 aliphatic heterocycles. The summed E-state index contributed by atoms with van der Waals surface area (Å²) in [7, 11) is 1.52. The number of amides is 2. The number of aromatic amines is 1. The Morgan fingerprint density at radius 1 is 1.11 bits per heavy atom. The molecule has 2 aliphatic rings. The normalized spacial score (nSPS) is 18.6. The SMILES string of the molecule is COC1(C(=O)Nc2ccc3[nH]nc(-c4ccc(F)nc4)c3c2)CCN(CC(=O)N2CC=C(c3ncc(-c4ncccn4)s3)CC2)C1. The Morgan fingerprint density at radius 3 is 2.74 bits per heavy atom. The van der Waals surface area contributed by atoms with Gasteiger partial charge in [0.15, 0.2) is 11.4 Å². The molecule has 5 aromatic rings. The number of methoxy groups -OCH3 is 1. The van der Waals surface area contributed by atoms with Crippen LogP contribution in [0.25, 0.3) is 38.4 Å². The third-order valence-electron chi connectivity index (χ3n) is 8.42. The van der Waals surface area contributed by atoms with Crippen molar-refractivity contribution < 1.29 is 18.7 Å². The molecule has 2 amide bonds. The number of hydrogen-bond acceptors (Lipinski definition) is 10. The molecule has 1 unspecified atom stereocenters. The maximum Gasteiger partial charge on any atom is 0.258 e. The smallest absolute Gasteiger partial charge is 0.258 e. The standard InChI is InChI=1S/C32H30FN9O3S/c1-45-32(31(44)38-22-4-5-24-23(15-22)28(40-39-24)21-3-6-26(33)36-16-21)9-14-41(19-32)18-27(43)42-12-7-20(8-13-42)30-37-17-25(46-30)29-34-10-2-11-35-29/h2-7,10-11,15-17H,8-9,12-14,18-19H2,1H3,(H,38,44)(H,39,40). The Kier molecular flexibility index (Phi) is 8.07. The highest BCUT2D eigenvalue weighted by molar-refractivity contribution is 7.16. The van der Waals surface area contributed by atoms with E-state index in [4.69, 9.17) is 4.74 Å². The van der Waals surface area contributed by atoms with Gasteiger partial charge in [-0.1, -0.05) is 6.08 Å². The largest absolute Gasteiger partial charge is 0.367 e. The first-order valence-electron chi connectivity index (χ1n) is 14.8. The third kappa shape index (κ3) is 5.89. The Labute approximate surface area is 267 Å². The Morgan fingerprint density at radius 2 is 1.98 bits per heavy atom. The molecule has 2 N–H and O–H groups in total. The number of nitrogens with zero attached hydrogens (tertiary/aromatic N) is 7. The van der Waals surface area contributed by atoms with Gasteiger partial charge in [-0.15, -0.1) is 11.3 Å². The summed E-state index contributed by atoms with van der Waals surface area (Å²) in [6, 6.07) is 10.1. The number of H-pyrrole nitrogens is 1. The van der Waals surface area contributed by atoms with Crippen LogP contribution in [0.2, 0.25) is 0 Å². The van der Waals surface area contributed by atoms with Gasteiger partial charge in [0.05, 0.1) is 16.9 Å². The molecule has 6 heterocycles. The fourth-order valence-electron chi connectivity index (χ4n) is 5.84. The lowest BCUT2D eigenvalue weighted by atomic mass is 10.0. The number of hydrogen-bond donors (Lipinski definition) is 2. The number of pyridine rings is 1. The molecule has 1 fully saturated rings. The number of carbonyl (C=O) groups excluding carboxylic acids is 2. The van der Waals surface area contributed by atoms with E-state index >= 15 is 0 Å². The maximum absolute atomic E-state index is 13.6. The zero-order valence-electron chi connectivity index (χ0n) is 24.9. The molecular weight excluding hydrogens is 609 g/mol. The second kappa shape index (κ2) is 12.5. The molecule has 234 valence electrons. The third-order valence-corrected chi connectivity index (χ3v) is 9.49. The van der Waals surface area contributed by atoms with Gasteiger partial charge in [-0.2, -0.15) is 9.49 Å². The quantitative estimate of drug-likeness (QED) is 0.241. The average molecular weight is 640 g/mol. The minimum absolute atomic E-state index is 0.00773. The van der Waals surface area contributed by atoms with Crippen LogP contribution in [0.1, 0.15) is 17.8 Å². The van der Waals surface area contributed by atoms with Crippen molar-refractivity contribution in [3.63, 3.8) is 0 Å². The molecule has 4 aromatic heterocycles. The van der Waals surface area contributed by atoms with Crippen LogP contribution in [0.5, 0.6) is 0 Å². The second-order valence-corrected chi connectivity index (χ2v) is 12.3. The molecule has 0 bridgehead atoms. The highest BCUT2D eigenvalue weighted by atomic mass is 32.1. The van der Waals surface area contributed by atoms with Gasteiger partial charge < -0.3 is 15.0 Å². The Bertz CT molecular complexity index is 1930. The number of halogens is 1. The van der Waals surface area contributed by atoms with Gasteiger partial charge in [0.25, 0.3) is 5.91 Å². The second-order valence-electron chi connectivity index (χ2n) is 11.2. The first kappa shape index (κ1) is 29.8. The number of anilines is 1. The topological polar surface area (TPSA) is 142 Å². The van der Waals surface area contributed by atoms with Crippen molar-refractivity contribution in [2.75, 3.05) is 45.2 Å².